The average Bonchev–Trinajstić information content (AvgIpc) is 3.28. The van der Waals surface area contributed by atoms with Crippen molar-refractivity contribution in [2.75, 3.05) is 13.2 Å². The molecule has 0 unspecified atom stereocenters. The van der Waals surface area contributed by atoms with Gasteiger partial charge >= 0.3 is 0 Å². The maximum absolute atomic E-state index is 12.5. The Bertz CT molecular complexity index is 718. The van der Waals surface area contributed by atoms with Gasteiger partial charge in [-0.1, -0.05) is 19.0 Å². The molecule has 26 heavy (non-hydrogen) atoms. The van der Waals surface area contributed by atoms with Gasteiger partial charge in [-0.3, -0.25) is 9.48 Å². The quantitative estimate of drug-likeness (QED) is 0.813. The zero-order chi connectivity index (χ0) is 18.5. The summed E-state index contributed by atoms with van der Waals surface area (Å²) >= 11 is 0. The van der Waals surface area contributed by atoms with Crippen LogP contribution < -0.4 is 5.32 Å². The van der Waals surface area contributed by atoms with Gasteiger partial charge in [-0.25, -0.2) is 0 Å². The summed E-state index contributed by atoms with van der Waals surface area (Å²) < 4.78 is 12.7. The molecule has 2 aromatic heterocycles. The molecule has 8 nitrogen and oxygen atoms in total. The minimum absolute atomic E-state index is 0.0426. The summed E-state index contributed by atoms with van der Waals surface area (Å²) in [4.78, 5) is 17.0. The first-order valence-electron chi connectivity index (χ1n) is 9.22. The third kappa shape index (κ3) is 4.69. The van der Waals surface area contributed by atoms with Crippen molar-refractivity contribution in [1.29, 1.82) is 0 Å². The fraction of sp³-hybridized carbons (Fsp3) is 0.667. The zero-order valence-corrected chi connectivity index (χ0v) is 15.6. The molecule has 3 heterocycles. The van der Waals surface area contributed by atoms with Gasteiger partial charge in [0.25, 0.3) is 0 Å². The van der Waals surface area contributed by atoms with Crippen LogP contribution in [0.1, 0.15) is 62.3 Å². The number of amides is 1. The number of hydrogen-bond donors (Lipinski definition) is 1. The fourth-order valence-electron chi connectivity index (χ4n) is 3.09. The van der Waals surface area contributed by atoms with Gasteiger partial charge in [0.1, 0.15) is 6.04 Å². The van der Waals surface area contributed by atoms with Gasteiger partial charge in [0.05, 0.1) is 6.20 Å². The predicted octanol–water partition coefficient (Wildman–Crippen LogP) is 2.37. The third-order valence-corrected chi connectivity index (χ3v) is 4.62. The molecule has 142 valence electrons. The van der Waals surface area contributed by atoms with E-state index < -0.39 is 0 Å². The molecule has 1 fully saturated rings. The first-order valence-corrected chi connectivity index (χ1v) is 9.22. The molecule has 1 saturated heterocycles. The van der Waals surface area contributed by atoms with E-state index in [-0.39, 0.29) is 23.8 Å². The molecule has 1 N–H and O–H groups in total. The number of nitrogens with zero attached hydrogens (tertiary/aromatic N) is 4. The van der Waals surface area contributed by atoms with Crippen LogP contribution in [0, 0.1) is 12.8 Å². The van der Waals surface area contributed by atoms with Crippen molar-refractivity contribution in [3.05, 3.63) is 29.7 Å². The molecule has 3 rings (SSSR count). The number of rotatable bonds is 7. The second-order valence-electron chi connectivity index (χ2n) is 7.17. The fourth-order valence-corrected chi connectivity index (χ4v) is 3.09. The minimum atomic E-state index is -0.272. The van der Waals surface area contributed by atoms with Gasteiger partial charge < -0.3 is 14.6 Å². The van der Waals surface area contributed by atoms with E-state index in [0.29, 0.717) is 37.9 Å². The lowest BCUT2D eigenvalue weighted by Crippen LogP contribution is -2.36. The van der Waals surface area contributed by atoms with Crippen molar-refractivity contribution in [1.82, 2.24) is 25.2 Å². The van der Waals surface area contributed by atoms with Crippen LogP contribution in [0.25, 0.3) is 0 Å². The van der Waals surface area contributed by atoms with Crippen LogP contribution >= 0.6 is 0 Å². The minimum Gasteiger partial charge on any atom is -0.381 e. The number of aryl methyl sites for hydroxylation is 2. The summed E-state index contributed by atoms with van der Waals surface area (Å²) in [5.41, 5.74) is 1.08. The highest BCUT2D eigenvalue weighted by molar-refractivity contribution is 5.76. The Morgan fingerprint density at radius 1 is 1.38 bits per heavy atom. The van der Waals surface area contributed by atoms with E-state index in [0.717, 1.165) is 18.4 Å². The van der Waals surface area contributed by atoms with Crippen LogP contribution in [0.5, 0.6) is 0 Å². The standard InChI is InChI=1S/C18H27N5O3/c1-12(2)17-21-18(26-22-17)16(14-5-8-25-9-6-14)20-15(24)4-7-23-11-13(3)10-19-23/h10-12,14,16H,4-9H2,1-3H3,(H,20,24)/t16-/m1/s1. The Balaban J connectivity index is 1.66. The van der Waals surface area contributed by atoms with E-state index in [1.807, 2.05) is 27.0 Å². The Hall–Kier alpha value is -2.22. The van der Waals surface area contributed by atoms with Gasteiger partial charge in [0.15, 0.2) is 5.82 Å². The van der Waals surface area contributed by atoms with Crippen LogP contribution in [0.15, 0.2) is 16.9 Å². The lowest BCUT2D eigenvalue weighted by atomic mass is 9.91. The van der Waals surface area contributed by atoms with Crippen LogP contribution in [0.3, 0.4) is 0 Å². The van der Waals surface area contributed by atoms with Gasteiger partial charge in [-0.15, -0.1) is 0 Å². The molecule has 0 aliphatic carbocycles. The molecule has 1 atom stereocenters. The van der Waals surface area contributed by atoms with Crippen LogP contribution in [0.2, 0.25) is 0 Å². The van der Waals surface area contributed by atoms with E-state index in [4.69, 9.17) is 9.26 Å². The Morgan fingerprint density at radius 3 is 2.77 bits per heavy atom. The van der Waals surface area contributed by atoms with E-state index in [9.17, 15) is 4.79 Å². The summed E-state index contributed by atoms with van der Waals surface area (Å²) in [6.07, 6.45) is 5.79. The van der Waals surface area contributed by atoms with Gasteiger partial charge in [0, 0.05) is 38.3 Å². The van der Waals surface area contributed by atoms with Crippen molar-refractivity contribution < 1.29 is 14.1 Å². The summed E-state index contributed by atoms with van der Waals surface area (Å²) in [6.45, 7) is 7.93. The monoisotopic (exact) mass is 361 g/mol. The smallest absolute Gasteiger partial charge is 0.249 e. The van der Waals surface area contributed by atoms with Crippen LogP contribution in [-0.4, -0.2) is 39.0 Å². The van der Waals surface area contributed by atoms with E-state index in [1.54, 1.807) is 10.9 Å². The van der Waals surface area contributed by atoms with Crippen molar-refractivity contribution in [3.63, 3.8) is 0 Å². The molecule has 0 saturated carbocycles. The maximum atomic E-state index is 12.5. The van der Waals surface area contributed by atoms with Crippen LogP contribution in [-0.2, 0) is 16.1 Å². The Labute approximate surface area is 153 Å². The highest BCUT2D eigenvalue weighted by Crippen LogP contribution is 2.30. The van der Waals surface area contributed by atoms with Crippen molar-refractivity contribution in [3.8, 4) is 0 Å². The summed E-state index contributed by atoms with van der Waals surface area (Å²) in [5, 5.41) is 11.4. The third-order valence-electron chi connectivity index (χ3n) is 4.62. The number of aromatic nitrogens is 4. The second kappa shape index (κ2) is 8.44. The molecule has 0 radical (unpaired) electrons. The second-order valence-corrected chi connectivity index (χ2v) is 7.17. The summed E-state index contributed by atoms with van der Waals surface area (Å²) in [6, 6.07) is -0.272. The van der Waals surface area contributed by atoms with Crippen molar-refractivity contribution >= 4 is 5.91 Å². The molecule has 0 bridgehead atoms. The highest BCUT2D eigenvalue weighted by Gasteiger charge is 2.31. The number of ether oxygens (including phenoxy) is 1. The molecule has 0 aromatic carbocycles. The number of carbonyl (C=O) groups excluding carboxylic acids is 1. The molecular weight excluding hydrogens is 334 g/mol. The summed E-state index contributed by atoms with van der Waals surface area (Å²) in [5.74, 6) is 1.53. The van der Waals surface area contributed by atoms with Crippen molar-refractivity contribution in [2.45, 2.75) is 58.5 Å². The molecule has 1 aliphatic rings. The molecule has 1 amide bonds. The SMILES string of the molecule is Cc1cnn(CCC(=O)N[C@@H](c2nc(C(C)C)no2)C2CCOCC2)c1. The maximum Gasteiger partial charge on any atom is 0.249 e. The highest BCUT2D eigenvalue weighted by atomic mass is 16.5. The normalized spacial score (nSPS) is 16.8. The molecular formula is C18H27N5O3. The number of carbonyl (C=O) groups is 1. The number of hydrogen-bond acceptors (Lipinski definition) is 6. The van der Waals surface area contributed by atoms with Crippen molar-refractivity contribution in [2.24, 2.45) is 5.92 Å². The van der Waals surface area contributed by atoms with Gasteiger partial charge in [0.2, 0.25) is 11.8 Å². The molecule has 2 aromatic rings. The van der Waals surface area contributed by atoms with E-state index in [2.05, 4.69) is 20.6 Å². The Morgan fingerprint density at radius 2 is 2.15 bits per heavy atom. The number of nitrogens with one attached hydrogen (secondary N) is 1. The summed E-state index contributed by atoms with van der Waals surface area (Å²) in [7, 11) is 0. The van der Waals surface area contributed by atoms with Gasteiger partial charge in [-0.05, 0) is 31.2 Å². The molecule has 0 spiro atoms. The Kier molecular flexibility index (Phi) is 6.03. The first kappa shape index (κ1) is 18.6. The molecule has 1 aliphatic heterocycles. The molecule has 8 heteroatoms. The van der Waals surface area contributed by atoms with Crippen LogP contribution in [0.4, 0.5) is 0 Å². The first-order chi connectivity index (χ1) is 12.5. The van der Waals surface area contributed by atoms with Gasteiger partial charge in [-0.2, -0.15) is 10.1 Å². The topological polar surface area (TPSA) is 95.1 Å². The zero-order valence-electron chi connectivity index (χ0n) is 15.6. The largest absolute Gasteiger partial charge is 0.381 e. The average molecular weight is 361 g/mol. The van der Waals surface area contributed by atoms with E-state index in [1.165, 1.54) is 0 Å². The predicted molar refractivity (Wildman–Crippen MR) is 94.4 cm³/mol. The lowest BCUT2D eigenvalue weighted by molar-refractivity contribution is -0.123. The van der Waals surface area contributed by atoms with E-state index >= 15 is 0 Å². The lowest BCUT2D eigenvalue weighted by Gasteiger charge is -2.28.